The van der Waals surface area contributed by atoms with Gasteiger partial charge in [0.15, 0.2) is 16.3 Å². The van der Waals surface area contributed by atoms with Crippen LogP contribution in [0, 0.1) is 0 Å². The van der Waals surface area contributed by atoms with Gasteiger partial charge in [-0.25, -0.2) is 9.79 Å². The molecule has 0 unspecified atom stereocenters. The molecule has 186 valence electrons. The summed E-state index contributed by atoms with van der Waals surface area (Å²) < 4.78 is 24.8. The molecule has 5 rings (SSSR count). The number of nitrogens with zero attached hydrogens (tertiary/aromatic N) is 2. The van der Waals surface area contributed by atoms with E-state index in [1.165, 1.54) is 11.3 Å². The molecular weight excluding hydrogens is 548 g/mol. The number of rotatable bonds is 6. The quantitative estimate of drug-likeness (QED) is 0.420. The summed E-state index contributed by atoms with van der Waals surface area (Å²) in [5.74, 6) is 1.40. The first-order valence-electron chi connectivity index (χ1n) is 11.4. The predicted molar refractivity (Wildman–Crippen MR) is 138 cm³/mol. The predicted octanol–water partition coefficient (Wildman–Crippen LogP) is 3.69. The van der Waals surface area contributed by atoms with Gasteiger partial charge in [-0.3, -0.25) is 9.36 Å². The fourth-order valence-electron chi connectivity index (χ4n) is 4.22. The van der Waals surface area contributed by atoms with Gasteiger partial charge in [-0.1, -0.05) is 23.5 Å². The number of allylic oxidation sites excluding steroid dienone is 1. The summed E-state index contributed by atoms with van der Waals surface area (Å²) in [6, 6.07) is 10.3. The fraction of sp³-hybridized carbons (Fsp3) is 0.269. The van der Waals surface area contributed by atoms with Crippen molar-refractivity contribution in [3.63, 3.8) is 0 Å². The van der Waals surface area contributed by atoms with Crippen LogP contribution in [0.25, 0.3) is 6.08 Å². The van der Waals surface area contributed by atoms with Gasteiger partial charge in [0.2, 0.25) is 6.79 Å². The van der Waals surface area contributed by atoms with Crippen LogP contribution in [0.1, 0.15) is 37.9 Å². The number of aromatic nitrogens is 1. The molecule has 0 spiro atoms. The molecule has 2 aliphatic rings. The van der Waals surface area contributed by atoms with Crippen molar-refractivity contribution < 1.29 is 23.7 Å². The Labute approximate surface area is 219 Å². The zero-order valence-electron chi connectivity index (χ0n) is 19.9. The summed E-state index contributed by atoms with van der Waals surface area (Å²) >= 11 is 4.80. The zero-order valence-corrected chi connectivity index (χ0v) is 22.3. The molecule has 2 aliphatic heterocycles. The number of thiazole rings is 1. The number of hydrogen-bond donors (Lipinski definition) is 0. The summed E-state index contributed by atoms with van der Waals surface area (Å²) in [5, 5.41) is 0. The number of fused-ring (bicyclic) bond motifs is 2. The van der Waals surface area contributed by atoms with Crippen molar-refractivity contribution in [2.45, 2.75) is 26.8 Å². The van der Waals surface area contributed by atoms with Gasteiger partial charge in [0, 0.05) is 0 Å². The first-order valence-corrected chi connectivity index (χ1v) is 13.0. The van der Waals surface area contributed by atoms with Crippen LogP contribution in [0.15, 0.2) is 61.9 Å². The van der Waals surface area contributed by atoms with Gasteiger partial charge in [0.25, 0.3) is 5.56 Å². The largest absolute Gasteiger partial charge is 0.493 e. The second kappa shape index (κ2) is 9.94. The molecule has 0 saturated carbocycles. The number of hydrogen-bond acceptors (Lipinski definition) is 8. The zero-order chi connectivity index (χ0) is 25.4. The van der Waals surface area contributed by atoms with Crippen LogP contribution >= 0.6 is 27.3 Å². The van der Waals surface area contributed by atoms with E-state index in [4.69, 9.17) is 18.9 Å². The van der Waals surface area contributed by atoms with E-state index >= 15 is 0 Å². The highest BCUT2D eigenvalue weighted by atomic mass is 79.9. The maximum absolute atomic E-state index is 13.7. The number of ether oxygens (including phenoxy) is 4. The lowest BCUT2D eigenvalue weighted by atomic mass is 9.95. The van der Waals surface area contributed by atoms with Crippen molar-refractivity contribution in [3.8, 4) is 17.2 Å². The maximum atomic E-state index is 13.7. The van der Waals surface area contributed by atoms with Crippen molar-refractivity contribution in [3.05, 3.63) is 83.0 Å². The third-order valence-electron chi connectivity index (χ3n) is 5.78. The molecular formula is C26H23BrN2O6S. The van der Waals surface area contributed by atoms with E-state index in [0.717, 1.165) is 15.8 Å². The van der Waals surface area contributed by atoms with E-state index in [-0.39, 0.29) is 19.0 Å². The lowest BCUT2D eigenvalue weighted by molar-refractivity contribution is -0.139. The second-order valence-corrected chi connectivity index (χ2v) is 9.90. The van der Waals surface area contributed by atoms with Crippen LogP contribution in [0.5, 0.6) is 17.2 Å². The van der Waals surface area contributed by atoms with Gasteiger partial charge < -0.3 is 18.9 Å². The topological polar surface area (TPSA) is 88.4 Å². The van der Waals surface area contributed by atoms with Gasteiger partial charge in [-0.2, -0.15) is 0 Å². The summed E-state index contributed by atoms with van der Waals surface area (Å²) in [6.07, 6.45) is 1.81. The third kappa shape index (κ3) is 4.35. The number of carbonyl (C=O) groups excluding carboxylic acids is 1. The Morgan fingerprint density at radius 1 is 1.19 bits per heavy atom. The van der Waals surface area contributed by atoms with Crippen molar-refractivity contribution in [1.29, 1.82) is 0 Å². The molecule has 1 atom stereocenters. The van der Waals surface area contributed by atoms with Crippen LogP contribution in [0.4, 0.5) is 0 Å². The highest BCUT2D eigenvalue weighted by Crippen LogP contribution is 2.38. The molecule has 0 aliphatic carbocycles. The molecule has 8 nitrogen and oxygen atoms in total. The fourth-order valence-corrected chi connectivity index (χ4v) is 5.78. The molecule has 10 heteroatoms. The number of esters is 1. The minimum Gasteiger partial charge on any atom is -0.493 e. The van der Waals surface area contributed by atoms with Gasteiger partial charge in [0.05, 0.1) is 39.5 Å². The summed E-state index contributed by atoms with van der Waals surface area (Å²) in [6.45, 7) is 6.31. The average molecular weight is 571 g/mol. The highest BCUT2D eigenvalue weighted by Gasteiger charge is 2.34. The van der Waals surface area contributed by atoms with Gasteiger partial charge >= 0.3 is 5.97 Å². The lowest BCUT2D eigenvalue weighted by Gasteiger charge is -2.24. The molecule has 0 saturated heterocycles. The molecule has 0 bridgehead atoms. The first-order chi connectivity index (χ1) is 17.4. The molecule has 1 aromatic heterocycles. The average Bonchev–Trinajstić information content (AvgIpc) is 3.44. The number of carbonyl (C=O) groups is 1. The van der Waals surface area contributed by atoms with E-state index in [1.807, 2.05) is 37.3 Å². The minimum atomic E-state index is -0.719. The second-order valence-electron chi connectivity index (χ2n) is 8.04. The van der Waals surface area contributed by atoms with Gasteiger partial charge in [-0.15, -0.1) is 0 Å². The third-order valence-corrected chi connectivity index (χ3v) is 7.39. The molecule has 0 radical (unpaired) electrons. The SMILES string of the molecule is CCOC(=O)C1=C(C)N=c2s/c(=C\c3ccc(OCC)c(Br)c3)c(=O)n2[C@H]1c1ccc2c(c1)OCO2. The van der Waals surface area contributed by atoms with Gasteiger partial charge in [-0.05, 0) is 78.2 Å². The normalized spacial score (nSPS) is 16.6. The van der Waals surface area contributed by atoms with Crippen molar-refractivity contribution in [2.75, 3.05) is 20.0 Å². The van der Waals surface area contributed by atoms with E-state index < -0.39 is 12.0 Å². The lowest BCUT2D eigenvalue weighted by Crippen LogP contribution is -2.39. The number of benzene rings is 2. The summed E-state index contributed by atoms with van der Waals surface area (Å²) in [7, 11) is 0. The Bertz CT molecular complexity index is 1570. The Morgan fingerprint density at radius 2 is 2.00 bits per heavy atom. The molecule has 36 heavy (non-hydrogen) atoms. The van der Waals surface area contributed by atoms with Crippen LogP contribution in [0.3, 0.4) is 0 Å². The van der Waals surface area contributed by atoms with Crippen LogP contribution in [0.2, 0.25) is 0 Å². The Kier molecular flexibility index (Phi) is 6.72. The smallest absolute Gasteiger partial charge is 0.338 e. The highest BCUT2D eigenvalue weighted by molar-refractivity contribution is 9.10. The molecule has 3 heterocycles. The minimum absolute atomic E-state index is 0.124. The summed E-state index contributed by atoms with van der Waals surface area (Å²) in [5.41, 5.74) is 2.11. The van der Waals surface area contributed by atoms with Crippen LogP contribution in [-0.2, 0) is 9.53 Å². The molecule has 0 N–H and O–H groups in total. The molecule has 2 aromatic carbocycles. The number of halogens is 1. The van der Waals surface area contributed by atoms with E-state index in [0.29, 0.717) is 44.3 Å². The molecule has 3 aromatic rings. The summed E-state index contributed by atoms with van der Waals surface area (Å²) in [4.78, 5) is 31.9. The maximum Gasteiger partial charge on any atom is 0.338 e. The van der Waals surface area contributed by atoms with Crippen molar-refractivity contribution >= 4 is 39.3 Å². The standard InChI is InChI=1S/C26H23BrN2O6S/c1-4-32-18-8-6-15(10-17(18)27)11-21-24(30)29-23(16-7-9-19-20(12-16)35-13-34-19)22(25(31)33-5-2)14(3)28-26(29)36-21/h6-12,23H,4-5,13H2,1-3H3/b21-11-/t23-/m0/s1. The Hall–Kier alpha value is -3.37. The Morgan fingerprint density at radius 3 is 2.75 bits per heavy atom. The molecule has 0 fully saturated rings. The molecule has 0 amide bonds. The van der Waals surface area contributed by atoms with Crippen LogP contribution < -0.4 is 29.1 Å². The van der Waals surface area contributed by atoms with Crippen molar-refractivity contribution in [1.82, 2.24) is 4.57 Å². The van der Waals surface area contributed by atoms with E-state index in [2.05, 4.69) is 20.9 Å². The van der Waals surface area contributed by atoms with Gasteiger partial charge in [0.1, 0.15) is 5.75 Å². The van der Waals surface area contributed by atoms with Crippen molar-refractivity contribution in [2.24, 2.45) is 4.99 Å². The monoisotopic (exact) mass is 570 g/mol. The van der Waals surface area contributed by atoms with E-state index in [9.17, 15) is 9.59 Å². The van der Waals surface area contributed by atoms with Crippen LogP contribution in [-0.4, -0.2) is 30.5 Å². The first kappa shape index (κ1) is 24.3. The Balaban J connectivity index is 1.67. The van der Waals surface area contributed by atoms with E-state index in [1.54, 1.807) is 30.5 Å².